The molecule has 2 rings (SSSR count). The lowest BCUT2D eigenvalue weighted by Gasteiger charge is -2.25. The molecule has 1 aromatic rings. The van der Waals surface area contributed by atoms with Crippen molar-refractivity contribution in [1.29, 1.82) is 0 Å². The maximum atomic E-state index is 11.5. The molecule has 0 aliphatic heterocycles. The van der Waals surface area contributed by atoms with E-state index in [4.69, 9.17) is 0 Å². The molecule has 0 saturated heterocycles. The Morgan fingerprint density at radius 1 is 1.20 bits per heavy atom. The molecular weight excluding hydrogens is 216 g/mol. The number of hydrogen-bond acceptors (Lipinski definition) is 4. The zero-order chi connectivity index (χ0) is 11.1. The van der Waals surface area contributed by atoms with Crippen molar-refractivity contribution < 1.29 is 17.8 Å². The van der Waals surface area contributed by atoms with Gasteiger partial charge in [-0.1, -0.05) is 24.3 Å². The Bertz CT molecular complexity index is 504. The molecule has 15 heavy (non-hydrogen) atoms. The molecule has 0 saturated carbocycles. The van der Waals surface area contributed by atoms with E-state index in [0.29, 0.717) is 11.1 Å². The van der Waals surface area contributed by atoms with Crippen LogP contribution in [0.5, 0.6) is 0 Å². The molecule has 1 aliphatic carbocycles. The van der Waals surface area contributed by atoms with Gasteiger partial charge in [-0.15, -0.1) is 0 Å². The topological polar surface area (TPSA) is 74.3 Å². The maximum Gasteiger partial charge on any atom is 0.164 e. The summed E-state index contributed by atoms with van der Waals surface area (Å²) in [6, 6.07) is 6.80. The van der Waals surface area contributed by atoms with Crippen molar-refractivity contribution in [3.8, 4) is 0 Å². The van der Waals surface area contributed by atoms with Crippen LogP contribution in [0.4, 0.5) is 0 Å². The van der Waals surface area contributed by atoms with Gasteiger partial charge in [0, 0.05) is 12.0 Å². The minimum atomic E-state index is -4.37. The maximum absolute atomic E-state index is 11.5. The third kappa shape index (κ3) is 1.93. The first-order chi connectivity index (χ1) is 6.98. The van der Waals surface area contributed by atoms with E-state index in [9.17, 15) is 17.8 Å². The van der Waals surface area contributed by atoms with Crippen molar-refractivity contribution >= 4 is 15.9 Å². The van der Waals surface area contributed by atoms with E-state index >= 15 is 0 Å². The van der Waals surface area contributed by atoms with Crippen molar-refractivity contribution in [1.82, 2.24) is 0 Å². The first-order valence-electron chi connectivity index (χ1n) is 4.54. The van der Waals surface area contributed by atoms with E-state index in [1.165, 1.54) is 0 Å². The van der Waals surface area contributed by atoms with Gasteiger partial charge in [0.15, 0.2) is 5.78 Å². The molecule has 0 spiro atoms. The van der Waals surface area contributed by atoms with Crippen LogP contribution < -0.4 is 0 Å². The first-order valence-corrected chi connectivity index (χ1v) is 6.01. The molecular formula is C10H9O4S-. The quantitative estimate of drug-likeness (QED) is 0.660. The largest absolute Gasteiger partial charge is 0.748 e. The van der Waals surface area contributed by atoms with Crippen molar-refractivity contribution in [2.75, 3.05) is 0 Å². The molecule has 0 aromatic heterocycles. The summed E-state index contributed by atoms with van der Waals surface area (Å²) in [5.74, 6) is -0.263. The Morgan fingerprint density at radius 2 is 1.87 bits per heavy atom. The summed E-state index contributed by atoms with van der Waals surface area (Å²) in [4.78, 5) is 11.5. The Kier molecular flexibility index (Phi) is 2.36. The highest BCUT2D eigenvalue weighted by Crippen LogP contribution is 2.24. The number of fused-ring (bicyclic) bond motifs is 1. The Hall–Kier alpha value is -1.20. The number of ketones is 1. The average molecular weight is 225 g/mol. The van der Waals surface area contributed by atoms with Gasteiger partial charge in [0.1, 0.15) is 0 Å². The molecule has 1 aromatic carbocycles. The summed E-state index contributed by atoms with van der Waals surface area (Å²) in [5.41, 5.74) is 1.19. The predicted molar refractivity (Wildman–Crippen MR) is 52.6 cm³/mol. The van der Waals surface area contributed by atoms with E-state index in [-0.39, 0.29) is 18.6 Å². The van der Waals surface area contributed by atoms with Gasteiger partial charge in [0.2, 0.25) is 0 Å². The summed E-state index contributed by atoms with van der Waals surface area (Å²) in [5, 5.41) is -1.10. The predicted octanol–water partition coefficient (Wildman–Crippen LogP) is 0.729. The lowest BCUT2D eigenvalue weighted by atomic mass is 9.90. The number of rotatable bonds is 1. The minimum Gasteiger partial charge on any atom is -0.748 e. The van der Waals surface area contributed by atoms with Gasteiger partial charge in [-0.25, -0.2) is 8.42 Å². The standard InChI is InChI=1S/C10H10O4S/c11-10-6-8(15(12,13)14)5-7-3-1-2-4-9(7)10/h1-4,8H,5-6H2,(H,12,13,14)/p-1. The van der Waals surface area contributed by atoms with Crippen molar-refractivity contribution in [2.45, 2.75) is 18.1 Å². The minimum absolute atomic E-state index is 0.147. The van der Waals surface area contributed by atoms with Crippen LogP contribution >= 0.6 is 0 Å². The van der Waals surface area contributed by atoms with Gasteiger partial charge < -0.3 is 4.55 Å². The fourth-order valence-corrected chi connectivity index (χ4v) is 2.55. The van der Waals surface area contributed by atoms with Crippen LogP contribution in [0.2, 0.25) is 0 Å². The molecule has 5 heteroatoms. The summed E-state index contributed by atoms with van der Waals surface area (Å²) in [6.45, 7) is 0. The van der Waals surface area contributed by atoms with E-state index in [1.807, 2.05) is 0 Å². The highest BCUT2D eigenvalue weighted by molar-refractivity contribution is 7.86. The van der Waals surface area contributed by atoms with E-state index < -0.39 is 15.4 Å². The smallest absolute Gasteiger partial charge is 0.164 e. The Morgan fingerprint density at radius 3 is 2.53 bits per heavy atom. The summed E-state index contributed by atoms with van der Waals surface area (Å²) < 4.78 is 32.5. The van der Waals surface area contributed by atoms with Gasteiger partial charge in [-0.05, 0) is 12.0 Å². The monoisotopic (exact) mass is 225 g/mol. The Labute approximate surface area is 87.7 Å². The van der Waals surface area contributed by atoms with E-state index in [2.05, 4.69) is 0 Å². The summed E-state index contributed by atoms with van der Waals surface area (Å²) >= 11 is 0. The first kappa shape index (κ1) is 10.3. The van der Waals surface area contributed by atoms with Crippen molar-refractivity contribution in [3.63, 3.8) is 0 Å². The lowest BCUT2D eigenvalue weighted by Crippen LogP contribution is -2.31. The highest BCUT2D eigenvalue weighted by Gasteiger charge is 2.28. The number of carbonyl (C=O) groups excluding carboxylic acids is 1. The second-order valence-corrected chi connectivity index (χ2v) is 5.26. The second-order valence-electron chi connectivity index (χ2n) is 3.60. The second kappa shape index (κ2) is 3.43. The number of benzene rings is 1. The molecule has 1 atom stereocenters. The fraction of sp³-hybridized carbons (Fsp3) is 0.300. The van der Waals surface area contributed by atoms with Gasteiger partial charge >= 0.3 is 0 Å². The van der Waals surface area contributed by atoms with Crippen LogP contribution in [0, 0.1) is 0 Å². The zero-order valence-corrected chi connectivity index (χ0v) is 8.66. The normalized spacial score (nSPS) is 21.1. The summed E-state index contributed by atoms with van der Waals surface area (Å²) in [6.07, 6.45) is -0.0450. The zero-order valence-electron chi connectivity index (χ0n) is 7.84. The molecule has 0 fully saturated rings. The molecule has 0 N–H and O–H groups in total. The van der Waals surface area contributed by atoms with Crippen LogP contribution in [-0.4, -0.2) is 24.0 Å². The Balaban J connectivity index is 2.43. The van der Waals surface area contributed by atoms with Gasteiger partial charge in [-0.2, -0.15) is 0 Å². The van der Waals surface area contributed by atoms with E-state index in [0.717, 1.165) is 0 Å². The van der Waals surface area contributed by atoms with Gasteiger partial charge in [0.05, 0.1) is 15.4 Å². The third-order valence-corrected chi connectivity index (χ3v) is 3.74. The van der Waals surface area contributed by atoms with Crippen molar-refractivity contribution in [3.05, 3.63) is 35.4 Å². The highest BCUT2D eigenvalue weighted by atomic mass is 32.2. The molecule has 0 heterocycles. The lowest BCUT2D eigenvalue weighted by molar-refractivity contribution is 0.0972. The number of Topliss-reactive ketones (excluding diaryl/α,β-unsaturated/α-hetero) is 1. The van der Waals surface area contributed by atoms with Crippen LogP contribution in [-0.2, 0) is 16.5 Å². The van der Waals surface area contributed by atoms with E-state index in [1.54, 1.807) is 24.3 Å². The van der Waals surface area contributed by atoms with Gasteiger partial charge in [0.25, 0.3) is 0 Å². The molecule has 0 bridgehead atoms. The van der Waals surface area contributed by atoms with Crippen LogP contribution in [0.1, 0.15) is 22.3 Å². The van der Waals surface area contributed by atoms with Crippen molar-refractivity contribution in [2.24, 2.45) is 0 Å². The fourth-order valence-electron chi connectivity index (χ4n) is 1.81. The molecule has 0 amide bonds. The molecule has 1 unspecified atom stereocenters. The van der Waals surface area contributed by atoms with Gasteiger partial charge in [-0.3, -0.25) is 4.79 Å². The average Bonchev–Trinajstić information content (AvgIpc) is 2.16. The SMILES string of the molecule is O=C1CC(S(=O)(=O)[O-])Cc2ccccc21. The number of hydrogen-bond donors (Lipinski definition) is 0. The summed E-state index contributed by atoms with van der Waals surface area (Å²) in [7, 11) is -4.37. The molecule has 80 valence electrons. The molecule has 1 aliphatic rings. The third-order valence-electron chi connectivity index (χ3n) is 2.59. The van der Waals surface area contributed by atoms with Crippen LogP contribution in [0.3, 0.4) is 0 Å². The molecule has 0 radical (unpaired) electrons. The molecule has 4 nitrogen and oxygen atoms in total. The van der Waals surface area contributed by atoms with Crippen LogP contribution in [0.15, 0.2) is 24.3 Å². The van der Waals surface area contributed by atoms with Crippen LogP contribution in [0.25, 0.3) is 0 Å². The number of carbonyl (C=O) groups is 1.